The minimum absolute atomic E-state index is 0.00367. The molecular weight excluding hydrogens is 296 g/mol. The van der Waals surface area contributed by atoms with Crippen molar-refractivity contribution in [3.8, 4) is 5.75 Å². The molecule has 0 amide bonds. The van der Waals surface area contributed by atoms with Crippen LogP contribution < -0.4 is 0 Å². The highest BCUT2D eigenvalue weighted by Gasteiger charge is 2.36. The van der Waals surface area contributed by atoms with Gasteiger partial charge in [-0.2, -0.15) is 0 Å². The van der Waals surface area contributed by atoms with Crippen molar-refractivity contribution in [3.63, 3.8) is 0 Å². The summed E-state index contributed by atoms with van der Waals surface area (Å²) in [5.41, 5.74) is 3.21. The lowest BCUT2D eigenvalue weighted by Crippen LogP contribution is -2.29. The lowest BCUT2D eigenvalue weighted by Gasteiger charge is -2.37. The van der Waals surface area contributed by atoms with Gasteiger partial charge in [-0.15, -0.1) is 0 Å². The Bertz CT molecular complexity index is 630. The van der Waals surface area contributed by atoms with Gasteiger partial charge < -0.3 is 5.11 Å². The number of carbonyl (C=O) groups excluding carboxylic acids is 1. The van der Waals surface area contributed by atoms with Gasteiger partial charge in [0.1, 0.15) is 5.75 Å². The van der Waals surface area contributed by atoms with E-state index in [0.29, 0.717) is 5.56 Å². The maximum Gasteiger partial charge on any atom is 0.169 e. The van der Waals surface area contributed by atoms with Gasteiger partial charge in [0.25, 0.3) is 0 Å². The Kier molecular flexibility index (Phi) is 5.36. The van der Waals surface area contributed by atoms with Crippen LogP contribution in [0.15, 0.2) is 6.07 Å². The second-order valence-corrected chi connectivity index (χ2v) is 10.3. The third-order valence-electron chi connectivity index (χ3n) is 4.40. The number of rotatable bonds is 2. The summed E-state index contributed by atoms with van der Waals surface area (Å²) in [6, 6.07) is 1.94. The van der Waals surface area contributed by atoms with Crippen LogP contribution in [-0.2, 0) is 16.2 Å². The minimum Gasteiger partial charge on any atom is -0.507 e. The fraction of sp³-hybridized carbons (Fsp3) is 0.682. The van der Waals surface area contributed by atoms with Crippen LogP contribution in [0.4, 0.5) is 0 Å². The summed E-state index contributed by atoms with van der Waals surface area (Å²) in [5, 5.41) is 11.1. The zero-order valence-electron chi connectivity index (χ0n) is 17.5. The number of carbonyl (C=O) groups is 1. The predicted molar refractivity (Wildman–Crippen MR) is 103 cm³/mol. The number of phenols is 1. The zero-order valence-corrected chi connectivity index (χ0v) is 17.5. The number of hydrogen-bond donors (Lipinski definition) is 1. The second kappa shape index (κ2) is 6.20. The van der Waals surface area contributed by atoms with Gasteiger partial charge in [0.15, 0.2) is 5.78 Å². The summed E-state index contributed by atoms with van der Waals surface area (Å²) in [7, 11) is 0. The average molecular weight is 333 g/mol. The van der Waals surface area contributed by atoms with Gasteiger partial charge in [-0.05, 0) is 33.4 Å². The standard InChI is InChI=1S/C22H36O2/c1-13(2)18(23)14-12-15(20(3,4)5)16(21(6,7)8)17(19(14)24)22(9,10)11/h12-13,24H,1-11H3. The molecule has 0 saturated carbocycles. The summed E-state index contributed by atoms with van der Waals surface area (Å²) in [6.07, 6.45) is 0. The van der Waals surface area contributed by atoms with Crippen LogP contribution >= 0.6 is 0 Å². The maximum atomic E-state index is 12.7. The molecule has 2 heteroatoms. The lowest BCUT2D eigenvalue weighted by molar-refractivity contribution is 0.0936. The summed E-state index contributed by atoms with van der Waals surface area (Å²) < 4.78 is 0. The van der Waals surface area contributed by atoms with E-state index in [2.05, 4.69) is 62.3 Å². The SMILES string of the molecule is CC(C)C(=O)c1cc(C(C)(C)C)c(C(C)(C)C)c(C(C)(C)C)c1O. The Hall–Kier alpha value is -1.31. The Labute approximate surface area is 148 Å². The van der Waals surface area contributed by atoms with E-state index in [-0.39, 0.29) is 33.7 Å². The molecule has 2 nitrogen and oxygen atoms in total. The van der Waals surface area contributed by atoms with E-state index in [0.717, 1.165) is 11.1 Å². The van der Waals surface area contributed by atoms with E-state index in [4.69, 9.17) is 0 Å². The Morgan fingerprint density at radius 1 is 0.833 bits per heavy atom. The molecule has 0 atom stereocenters. The molecule has 0 aliphatic rings. The smallest absolute Gasteiger partial charge is 0.169 e. The van der Waals surface area contributed by atoms with E-state index in [1.807, 2.05) is 19.9 Å². The summed E-state index contributed by atoms with van der Waals surface area (Å²) in [6.45, 7) is 23.1. The predicted octanol–water partition coefficient (Wildman–Crippen LogP) is 6.12. The number of phenolic OH excluding ortho intramolecular Hbond substituents is 1. The minimum atomic E-state index is -0.250. The Morgan fingerprint density at radius 2 is 1.25 bits per heavy atom. The highest BCUT2D eigenvalue weighted by molar-refractivity contribution is 6.00. The van der Waals surface area contributed by atoms with Gasteiger partial charge in [-0.1, -0.05) is 76.2 Å². The van der Waals surface area contributed by atoms with Gasteiger partial charge >= 0.3 is 0 Å². The van der Waals surface area contributed by atoms with E-state index in [9.17, 15) is 9.90 Å². The molecule has 0 heterocycles. The normalized spacial score (nSPS) is 13.5. The molecule has 0 spiro atoms. The van der Waals surface area contributed by atoms with Gasteiger partial charge in [-0.25, -0.2) is 0 Å². The van der Waals surface area contributed by atoms with Gasteiger partial charge in [0.05, 0.1) is 5.56 Å². The first-order chi connectivity index (χ1) is 10.5. The Balaban J connectivity index is 4.10. The van der Waals surface area contributed by atoms with Crippen LogP contribution in [0, 0.1) is 5.92 Å². The van der Waals surface area contributed by atoms with E-state index < -0.39 is 0 Å². The topological polar surface area (TPSA) is 37.3 Å². The van der Waals surface area contributed by atoms with Crippen molar-refractivity contribution in [3.05, 3.63) is 28.3 Å². The summed E-state index contributed by atoms with van der Waals surface area (Å²) in [4.78, 5) is 12.7. The quantitative estimate of drug-likeness (QED) is 0.662. The molecule has 0 radical (unpaired) electrons. The van der Waals surface area contributed by atoms with Crippen molar-refractivity contribution in [2.24, 2.45) is 5.92 Å². The first-order valence-electron chi connectivity index (χ1n) is 8.95. The van der Waals surface area contributed by atoms with Crippen LogP contribution in [0.25, 0.3) is 0 Å². The third-order valence-corrected chi connectivity index (χ3v) is 4.40. The molecular formula is C22H36O2. The molecule has 1 N–H and O–H groups in total. The lowest BCUT2D eigenvalue weighted by atomic mass is 9.67. The number of Topliss-reactive ketones (excluding diaryl/α,β-unsaturated/α-hetero) is 1. The van der Waals surface area contributed by atoms with Gasteiger partial charge in [-0.3, -0.25) is 4.79 Å². The zero-order chi connectivity index (χ0) is 19.2. The largest absolute Gasteiger partial charge is 0.507 e. The third kappa shape index (κ3) is 4.02. The number of ketones is 1. The number of benzene rings is 1. The molecule has 136 valence electrons. The van der Waals surface area contributed by atoms with Crippen molar-refractivity contribution >= 4 is 5.78 Å². The van der Waals surface area contributed by atoms with Crippen molar-refractivity contribution in [2.45, 2.75) is 92.4 Å². The van der Waals surface area contributed by atoms with E-state index >= 15 is 0 Å². The van der Waals surface area contributed by atoms with Crippen LogP contribution in [0.1, 0.15) is 103 Å². The van der Waals surface area contributed by atoms with E-state index in [1.54, 1.807) is 0 Å². The molecule has 1 aromatic rings. The van der Waals surface area contributed by atoms with Crippen LogP contribution in [0.5, 0.6) is 5.75 Å². The second-order valence-electron chi connectivity index (χ2n) is 10.3. The fourth-order valence-corrected chi connectivity index (χ4v) is 3.27. The van der Waals surface area contributed by atoms with Gasteiger partial charge in [0, 0.05) is 11.5 Å². The first-order valence-corrected chi connectivity index (χ1v) is 8.95. The monoisotopic (exact) mass is 332 g/mol. The number of aromatic hydroxyl groups is 1. The summed E-state index contributed by atoms with van der Waals surface area (Å²) in [5.74, 6) is 0.0279. The van der Waals surface area contributed by atoms with Crippen molar-refractivity contribution in [1.82, 2.24) is 0 Å². The average Bonchev–Trinajstić information content (AvgIpc) is 2.32. The molecule has 0 saturated heterocycles. The molecule has 1 rings (SSSR count). The van der Waals surface area contributed by atoms with Crippen LogP contribution in [0.2, 0.25) is 0 Å². The highest BCUT2D eigenvalue weighted by Crippen LogP contribution is 2.46. The molecule has 0 fully saturated rings. The molecule has 0 unspecified atom stereocenters. The molecule has 0 aliphatic heterocycles. The number of hydrogen-bond acceptors (Lipinski definition) is 2. The highest BCUT2D eigenvalue weighted by atomic mass is 16.3. The van der Waals surface area contributed by atoms with Gasteiger partial charge in [0.2, 0.25) is 0 Å². The van der Waals surface area contributed by atoms with Crippen molar-refractivity contribution in [2.75, 3.05) is 0 Å². The van der Waals surface area contributed by atoms with Crippen LogP contribution in [-0.4, -0.2) is 10.9 Å². The Morgan fingerprint density at radius 3 is 1.54 bits per heavy atom. The maximum absolute atomic E-state index is 12.7. The van der Waals surface area contributed by atoms with E-state index in [1.165, 1.54) is 5.56 Å². The van der Waals surface area contributed by atoms with Crippen molar-refractivity contribution < 1.29 is 9.90 Å². The summed E-state index contributed by atoms with van der Waals surface area (Å²) >= 11 is 0. The molecule has 0 aromatic heterocycles. The first kappa shape index (κ1) is 20.7. The van der Waals surface area contributed by atoms with Crippen molar-refractivity contribution in [1.29, 1.82) is 0 Å². The molecule has 0 aliphatic carbocycles. The van der Waals surface area contributed by atoms with Crippen LogP contribution in [0.3, 0.4) is 0 Å². The molecule has 24 heavy (non-hydrogen) atoms. The molecule has 0 bridgehead atoms. The molecule has 1 aromatic carbocycles. The fourth-order valence-electron chi connectivity index (χ4n) is 3.27.